The molecule has 0 radical (unpaired) electrons. The number of rotatable bonds is 0. The first-order valence-electron chi connectivity index (χ1n) is 4.48. The van der Waals surface area contributed by atoms with Gasteiger partial charge in [0, 0.05) is 0 Å². The van der Waals surface area contributed by atoms with Gasteiger partial charge >= 0.3 is 38.1 Å². The molecule has 0 aromatic heterocycles. The average molecular weight is 295 g/mol. The van der Waals surface area contributed by atoms with Crippen molar-refractivity contribution < 1.29 is 7.05 Å². The predicted octanol–water partition coefficient (Wildman–Crippen LogP) is 4.94. The monoisotopic (exact) mass is 294 g/mol. The van der Waals surface area contributed by atoms with E-state index in [4.69, 9.17) is 0 Å². The van der Waals surface area contributed by atoms with E-state index in [1.165, 1.54) is 0 Å². The fraction of sp³-hybridized carbons (Fsp3) is 0.800. The molecule has 0 bridgehead atoms. The van der Waals surface area contributed by atoms with Crippen molar-refractivity contribution in [2.45, 2.75) is 47.9 Å². The fourth-order valence-electron chi connectivity index (χ4n) is 0. The fourth-order valence-corrected chi connectivity index (χ4v) is 0. The molecule has 0 fully saturated rings. The molecule has 16 heavy (non-hydrogen) atoms. The Hall–Kier alpha value is 2.22. The molecular formula is C10H31Al3F2Mg. The molecule has 0 aliphatic carbocycles. The zero-order valence-corrected chi connectivity index (χ0v) is 17.1. The van der Waals surface area contributed by atoms with E-state index in [1.807, 2.05) is 0 Å². The van der Waals surface area contributed by atoms with Crippen LogP contribution in [-0.2, 0) is 0 Å². The van der Waals surface area contributed by atoms with Crippen LogP contribution in [0, 0.1) is 14.9 Å². The van der Waals surface area contributed by atoms with Gasteiger partial charge in [-0.1, -0.05) is 7.43 Å². The van der Waals surface area contributed by atoms with Gasteiger partial charge in [-0.2, -0.15) is 0 Å². The van der Waals surface area contributed by atoms with Crippen molar-refractivity contribution in [2.75, 3.05) is 0 Å². The molecule has 0 rings (SSSR count). The minimum Gasteiger partial charge on any atom is -0.374 e. The first kappa shape index (κ1) is 42.9. The molecule has 0 unspecified atom stereocenters. The van der Waals surface area contributed by atoms with Crippen LogP contribution >= 0.6 is 0 Å². The SMILES string of the molecule is C.[CH3-].[CH3-].[CH3][Al]([CH3])[CH3].[CH3][Al]([CH3])[CH3].[CH3][Al]([F])[F].[Mg+2]. The summed E-state index contributed by atoms with van der Waals surface area (Å²) in [6.45, 7) is 0. The number of hydrogen-bond donors (Lipinski definition) is 0. The third kappa shape index (κ3) is 760. The summed E-state index contributed by atoms with van der Waals surface area (Å²) < 4.78 is 20.9. The van der Waals surface area contributed by atoms with Crippen LogP contribution < -0.4 is 0 Å². The molecule has 0 aromatic carbocycles. The maximum absolute atomic E-state index is 10.5. The van der Waals surface area contributed by atoms with Gasteiger partial charge in [-0.25, -0.2) is 0 Å². The summed E-state index contributed by atoms with van der Waals surface area (Å²) in [5.74, 6) is 14.8. The Morgan fingerprint density at radius 2 is 0.625 bits per heavy atom. The van der Waals surface area contributed by atoms with Crippen molar-refractivity contribution in [2.24, 2.45) is 0 Å². The molecule has 0 aliphatic heterocycles. The van der Waals surface area contributed by atoms with Gasteiger partial charge in [0.05, 0.1) is 0 Å². The molecule has 0 atom stereocenters. The molecular weight excluding hydrogens is 263 g/mol. The molecule has 0 spiro atoms. The van der Waals surface area contributed by atoms with Crippen LogP contribution in [-0.4, -0.2) is 66.4 Å². The molecule has 0 amide bonds. The summed E-state index contributed by atoms with van der Waals surface area (Å²) in [5, 5.41) is 0. The third-order valence-electron chi connectivity index (χ3n) is 0. The minimum atomic E-state index is -3.14. The molecule has 0 aliphatic rings. The van der Waals surface area contributed by atoms with Gasteiger partial charge in [0.25, 0.3) is 28.3 Å². The number of halogens is 2. The molecule has 96 valence electrons. The van der Waals surface area contributed by atoms with E-state index in [0.29, 0.717) is 0 Å². The average Bonchev–Trinajstić information content (AvgIpc) is 1.54. The van der Waals surface area contributed by atoms with Crippen LogP contribution in [0.3, 0.4) is 0 Å². The normalized spacial score (nSPS) is 5.06. The van der Waals surface area contributed by atoms with Crippen molar-refractivity contribution in [3.05, 3.63) is 14.9 Å². The largest absolute Gasteiger partial charge is 2.00 e. The maximum Gasteiger partial charge on any atom is 2.00 e. The standard InChI is InChI=1S/CH4.9CH3.3Al.2FH.Mg/h1H4;9*1H3;;;;2*1H;/q;;;;;;;;2*-1;;;+2;;;+2/p-2. The Bertz CT molecular complexity index is 52.6. The van der Waals surface area contributed by atoms with Gasteiger partial charge in [0.2, 0.25) is 0 Å². The van der Waals surface area contributed by atoms with E-state index in [1.54, 1.807) is 0 Å². The summed E-state index contributed by atoms with van der Waals surface area (Å²) in [7, 11) is 0. The molecule has 0 saturated carbocycles. The van der Waals surface area contributed by atoms with E-state index >= 15 is 0 Å². The van der Waals surface area contributed by atoms with Crippen molar-refractivity contribution >= 4 is 66.4 Å². The van der Waals surface area contributed by atoms with Crippen LogP contribution in [0.2, 0.25) is 40.5 Å². The van der Waals surface area contributed by atoms with E-state index in [-0.39, 0.29) is 73.6 Å². The Morgan fingerprint density at radius 3 is 0.625 bits per heavy atom. The summed E-state index contributed by atoms with van der Waals surface area (Å²) >= 11 is -3.42. The van der Waals surface area contributed by atoms with Gasteiger partial charge < -0.3 is 21.9 Å². The molecule has 6 heteroatoms. The first-order valence-corrected chi connectivity index (χ1v) is 13.4. The third-order valence-corrected chi connectivity index (χ3v) is 0. The Kier molecular flexibility index (Phi) is 96.5. The van der Waals surface area contributed by atoms with Gasteiger partial charge in [-0.05, 0) is 5.79 Å². The summed E-state index contributed by atoms with van der Waals surface area (Å²) in [5.41, 5.74) is 0. The Labute approximate surface area is 135 Å². The van der Waals surface area contributed by atoms with Crippen molar-refractivity contribution in [3.63, 3.8) is 0 Å². The van der Waals surface area contributed by atoms with Gasteiger partial charge in [0.1, 0.15) is 0 Å². The van der Waals surface area contributed by atoms with E-state index in [2.05, 4.69) is 34.7 Å². The van der Waals surface area contributed by atoms with E-state index in [9.17, 15) is 7.05 Å². The second kappa shape index (κ2) is 36.0. The summed E-state index contributed by atoms with van der Waals surface area (Å²) in [6, 6.07) is 0. The van der Waals surface area contributed by atoms with Gasteiger partial charge in [-0.15, -0.1) is 34.7 Å². The molecule has 0 saturated heterocycles. The van der Waals surface area contributed by atoms with Crippen molar-refractivity contribution in [1.29, 1.82) is 0 Å². The van der Waals surface area contributed by atoms with Crippen LogP contribution in [0.5, 0.6) is 0 Å². The van der Waals surface area contributed by atoms with Crippen molar-refractivity contribution in [1.82, 2.24) is 0 Å². The van der Waals surface area contributed by atoms with E-state index in [0.717, 1.165) is 5.79 Å². The first-order chi connectivity index (χ1) is 5.20. The summed E-state index contributed by atoms with van der Waals surface area (Å²) in [4.78, 5) is 0. The summed E-state index contributed by atoms with van der Waals surface area (Å²) in [6.07, 6.45) is 0. The zero-order valence-electron chi connectivity index (χ0n) is 12.2. The van der Waals surface area contributed by atoms with Crippen LogP contribution in [0.4, 0.5) is 7.05 Å². The van der Waals surface area contributed by atoms with Crippen LogP contribution in [0.25, 0.3) is 0 Å². The molecule has 0 nitrogen and oxygen atoms in total. The van der Waals surface area contributed by atoms with Crippen molar-refractivity contribution in [3.8, 4) is 0 Å². The van der Waals surface area contributed by atoms with Gasteiger partial charge in [0.15, 0.2) is 0 Å². The van der Waals surface area contributed by atoms with E-state index < -0.39 is 15.1 Å². The van der Waals surface area contributed by atoms with Gasteiger partial charge in [-0.3, -0.25) is 0 Å². The minimum absolute atomic E-state index is 0. The Balaban J connectivity index is -0.0000000135. The predicted molar refractivity (Wildman–Crippen MR) is 85.8 cm³/mol. The second-order valence-corrected chi connectivity index (χ2v) is 11.9. The second-order valence-electron chi connectivity index (χ2n) is 3.98. The van der Waals surface area contributed by atoms with Crippen LogP contribution in [0.15, 0.2) is 0 Å². The molecule has 0 N–H and O–H groups in total. The Morgan fingerprint density at radius 1 is 0.625 bits per heavy atom. The molecule has 0 heterocycles. The number of hydrogen-bond acceptors (Lipinski definition) is 0. The van der Waals surface area contributed by atoms with Crippen LogP contribution in [0.1, 0.15) is 7.43 Å². The quantitative estimate of drug-likeness (QED) is 0.438. The smallest absolute Gasteiger partial charge is 0.374 e. The maximum atomic E-state index is 10.5. The topological polar surface area (TPSA) is 0 Å². The zero-order chi connectivity index (χ0) is 10.7. The molecule has 0 aromatic rings.